The van der Waals surface area contributed by atoms with Crippen LogP contribution >= 0.6 is 0 Å². The molecule has 0 spiro atoms. The summed E-state index contributed by atoms with van der Waals surface area (Å²) in [7, 11) is 0. The van der Waals surface area contributed by atoms with Crippen LogP contribution in [0.5, 0.6) is 0 Å². The Balaban J connectivity index is 1.59. The minimum absolute atomic E-state index is 0.00651. The van der Waals surface area contributed by atoms with E-state index in [2.05, 4.69) is 17.6 Å². The van der Waals surface area contributed by atoms with E-state index in [1.807, 2.05) is 42.5 Å². The molecular weight excluding hydrogens is 300 g/mol. The molecule has 1 saturated carbocycles. The third-order valence-electron chi connectivity index (χ3n) is 4.42. The monoisotopic (exact) mass is 322 g/mol. The highest BCUT2D eigenvalue weighted by Crippen LogP contribution is 2.38. The zero-order valence-electron chi connectivity index (χ0n) is 13.8. The topological polar surface area (TPSA) is 58.2 Å². The summed E-state index contributed by atoms with van der Waals surface area (Å²) in [6.45, 7) is 2.62. The van der Waals surface area contributed by atoms with Gasteiger partial charge < -0.3 is 10.6 Å². The van der Waals surface area contributed by atoms with Crippen LogP contribution in [0.15, 0.2) is 54.6 Å². The Hall–Kier alpha value is -2.62. The molecule has 2 N–H and O–H groups in total. The first-order valence-corrected chi connectivity index (χ1v) is 8.37. The van der Waals surface area contributed by atoms with E-state index in [1.165, 1.54) is 5.56 Å². The standard InChI is InChI=1S/C20H22N2O2/c1-14-13-17(14)20(24)22-18-10-6-5-9-16(18)19(23)21-12-11-15-7-3-2-4-8-15/h2-10,14,17H,11-13H2,1H3,(H,21,23)(H,22,24)/t14-,17+/m0/s1. The maximum absolute atomic E-state index is 12.4. The quantitative estimate of drug-likeness (QED) is 0.857. The summed E-state index contributed by atoms with van der Waals surface area (Å²) in [6.07, 6.45) is 1.71. The van der Waals surface area contributed by atoms with Gasteiger partial charge in [-0.1, -0.05) is 49.4 Å². The number of hydrogen-bond acceptors (Lipinski definition) is 2. The van der Waals surface area contributed by atoms with Gasteiger partial charge in [0.25, 0.3) is 5.91 Å². The SMILES string of the molecule is C[C@H]1C[C@H]1C(=O)Nc1ccccc1C(=O)NCCc1ccccc1. The van der Waals surface area contributed by atoms with Gasteiger partial charge in [-0.25, -0.2) is 0 Å². The molecule has 124 valence electrons. The molecule has 0 heterocycles. The average Bonchev–Trinajstić information content (AvgIpc) is 3.33. The smallest absolute Gasteiger partial charge is 0.253 e. The van der Waals surface area contributed by atoms with Crippen molar-refractivity contribution in [3.05, 3.63) is 65.7 Å². The molecule has 0 unspecified atom stereocenters. The predicted molar refractivity (Wildman–Crippen MR) is 94.8 cm³/mol. The molecule has 1 aliphatic rings. The van der Waals surface area contributed by atoms with E-state index in [4.69, 9.17) is 0 Å². The average molecular weight is 322 g/mol. The van der Waals surface area contributed by atoms with Crippen LogP contribution in [0.25, 0.3) is 0 Å². The van der Waals surface area contributed by atoms with Crippen molar-refractivity contribution < 1.29 is 9.59 Å². The number of amides is 2. The molecule has 0 saturated heterocycles. The van der Waals surface area contributed by atoms with Crippen molar-refractivity contribution >= 4 is 17.5 Å². The first-order chi connectivity index (χ1) is 11.6. The minimum Gasteiger partial charge on any atom is -0.352 e. The maximum atomic E-state index is 12.4. The maximum Gasteiger partial charge on any atom is 0.253 e. The summed E-state index contributed by atoms with van der Waals surface area (Å²) in [5, 5.41) is 5.82. The van der Waals surface area contributed by atoms with Crippen LogP contribution in [0.4, 0.5) is 5.69 Å². The summed E-state index contributed by atoms with van der Waals surface area (Å²) >= 11 is 0. The van der Waals surface area contributed by atoms with Gasteiger partial charge in [-0.05, 0) is 36.5 Å². The first-order valence-electron chi connectivity index (χ1n) is 8.37. The lowest BCUT2D eigenvalue weighted by molar-refractivity contribution is -0.117. The molecule has 0 aliphatic heterocycles. The molecule has 2 amide bonds. The summed E-state index contributed by atoms with van der Waals surface area (Å²) in [5.74, 6) is 0.369. The number of carbonyl (C=O) groups excluding carboxylic acids is 2. The predicted octanol–water partition coefficient (Wildman–Crippen LogP) is 3.25. The van der Waals surface area contributed by atoms with Crippen molar-refractivity contribution in [3.8, 4) is 0 Å². The number of anilines is 1. The van der Waals surface area contributed by atoms with E-state index in [0.717, 1.165) is 12.8 Å². The Kier molecular flexibility index (Phi) is 4.94. The van der Waals surface area contributed by atoms with E-state index in [-0.39, 0.29) is 17.7 Å². The van der Waals surface area contributed by atoms with Gasteiger partial charge in [-0.15, -0.1) is 0 Å². The second kappa shape index (κ2) is 7.30. The van der Waals surface area contributed by atoms with Crippen molar-refractivity contribution in [3.63, 3.8) is 0 Å². The highest BCUT2D eigenvalue weighted by Gasteiger charge is 2.39. The van der Waals surface area contributed by atoms with E-state index in [0.29, 0.717) is 23.7 Å². The summed E-state index contributed by atoms with van der Waals surface area (Å²) in [5.41, 5.74) is 2.27. The van der Waals surface area contributed by atoms with E-state index >= 15 is 0 Å². The molecule has 2 atom stereocenters. The third kappa shape index (κ3) is 4.02. The van der Waals surface area contributed by atoms with E-state index < -0.39 is 0 Å². The van der Waals surface area contributed by atoms with Gasteiger partial charge in [0.2, 0.25) is 5.91 Å². The molecule has 2 aromatic rings. The molecule has 1 aliphatic carbocycles. The van der Waals surface area contributed by atoms with Crippen molar-refractivity contribution in [2.24, 2.45) is 11.8 Å². The number of hydrogen-bond donors (Lipinski definition) is 2. The number of rotatable bonds is 6. The lowest BCUT2D eigenvalue weighted by Gasteiger charge is -2.11. The van der Waals surface area contributed by atoms with Gasteiger partial charge in [0.05, 0.1) is 11.3 Å². The fraction of sp³-hybridized carbons (Fsp3) is 0.300. The van der Waals surface area contributed by atoms with Crippen LogP contribution in [0.3, 0.4) is 0 Å². The largest absolute Gasteiger partial charge is 0.352 e. The lowest BCUT2D eigenvalue weighted by atomic mass is 10.1. The van der Waals surface area contributed by atoms with Gasteiger partial charge in [-0.3, -0.25) is 9.59 Å². The van der Waals surface area contributed by atoms with Crippen LogP contribution in [0.2, 0.25) is 0 Å². The molecule has 4 heteroatoms. The third-order valence-corrected chi connectivity index (χ3v) is 4.42. The Morgan fingerprint density at radius 3 is 2.42 bits per heavy atom. The fourth-order valence-corrected chi connectivity index (χ4v) is 2.76. The van der Waals surface area contributed by atoms with Crippen molar-refractivity contribution in [2.75, 3.05) is 11.9 Å². The number of para-hydroxylation sites is 1. The molecule has 24 heavy (non-hydrogen) atoms. The molecule has 3 rings (SSSR count). The fourth-order valence-electron chi connectivity index (χ4n) is 2.76. The van der Waals surface area contributed by atoms with Gasteiger partial charge in [0.1, 0.15) is 0 Å². The Morgan fingerprint density at radius 2 is 1.71 bits per heavy atom. The molecule has 0 aromatic heterocycles. The second-order valence-electron chi connectivity index (χ2n) is 6.35. The summed E-state index contributed by atoms with van der Waals surface area (Å²) in [6, 6.07) is 17.2. The van der Waals surface area contributed by atoms with Crippen molar-refractivity contribution in [1.82, 2.24) is 5.32 Å². The number of carbonyl (C=O) groups is 2. The zero-order chi connectivity index (χ0) is 16.9. The van der Waals surface area contributed by atoms with Crippen LogP contribution in [-0.2, 0) is 11.2 Å². The Bertz CT molecular complexity index is 727. The number of benzene rings is 2. The summed E-state index contributed by atoms with van der Waals surface area (Å²) < 4.78 is 0. The molecular formula is C20H22N2O2. The molecule has 0 bridgehead atoms. The number of nitrogens with one attached hydrogen (secondary N) is 2. The molecule has 4 nitrogen and oxygen atoms in total. The Labute approximate surface area is 142 Å². The van der Waals surface area contributed by atoms with Gasteiger partial charge in [0.15, 0.2) is 0 Å². The van der Waals surface area contributed by atoms with Crippen LogP contribution < -0.4 is 10.6 Å². The lowest BCUT2D eigenvalue weighted by Crippen LogP contribution is -2.27. The van der Waals surface area contributed by atoms with Crippen molar-refractivity contribution in [1.29, 1.82) is 0 Å². The normalized spacial score (nSPS) is 18.7. The Morgan fingerprint density at radius 1 is 1.04 bits per heavy atom. The molecule has 1 fully saturated rings. The second-order valence-corrected chi connectivity index (χ2v) is 6.35. The van der Waals surface area contributed by atoms with Gasteiger partial charge in [-0.2, -0.15) is 0 Å². The van der Waals surface area contributed by atoms with Crippen LogP contribution in [-0.4, -0.2) is 18.4 Å². The van der Waals surface area contributed by atoms with Gasteiger partial charge >= 0.3 is 0 Å². The first kappa shape index (κ1) is 16.2. The van der Waals surface area contributed by atoms with Crippen LogP contribution in [0.1, 0.15) is 29.3 Å². The zero-order valence-corrected chi connectivity index (χ0v) is 13.8. The van der Waals surface area contributed by atoms with E-state index in [9.17, 15) is 9.59 Å². The highest BCUT2D eigenvalue weighted by atomic mass is 16.2. The van der Waals surface area contributed by atoms with Crippen LogP contribution in [0, 0.1) is 11.8 Å². The van der Waals surface area contributed by atoms with Crippen molar-refractivity contribution in [2.45, 2.75) is 19.8 Å². The highest BCUT2D eigenvalue weighted by molar-refractivity contribution is 6.04. The van der Waals surface area contributed by atoms with Gasteiger partial charge in [0, 0.05) is 12.5 Å². The summed E-state index contributed by atoms with van der Waals surface area (Å²) in [4.78, 5) is 24.5. The molecule has 2 aromatic carbocycles. The molecule has 0 radical (unpaired) electrons. The minimum atomic E-state index is -0.161. The van der Waals surface area contributed by atoms with E-state index in [1.54, 1.807) is 12.1 Å².